The molecular formula is C26H32ClN3O2S3. The van der Waals surface area contributed by atoms with Crippen molar-refractivity contribution in [2.24, 2.45) is 0 Å². The highest BCUT2D eigenvalue weighted by Gasteiger charge is 2.21. The summed E-state index contributed by atoms with van der Waals surface area (Å²) in [4.78, 5) is 8.54. The van der Waals surface area contributed by atoms with Gasteiger partial charge in [0, 0.05) is 74.9 Å². The molecular weight excluding hydrogens is 518 g/mol. The molecule has 2 aliphatic heterocycles. The number of phenolic OH excluding ortho intramolecular Hbond substituents is 1. The standard InChI is InChI=1S/C26H31N3O2S3.ClH/c30-26-22(18-28-8-6-27(7-9-28)17-20-4-2-1-3-5-20)14-21(24-16-25(32)34-33-24)15-23(26)19-29-10-12-31-13-11-29;/h1-5,14-16,30H,6-13,17-19H2;1H. The average molecular weight is 550 g/mol. The maximum absolute atomic E-state index is 11.3. The molecule has 2 saturated heterocycles. The molecule has 2 fully saturated rings. The van der Waals surface area contributed by atoms with Gasteiger partial charge in [-0.05, 0) is 29.3 Å². The highest BCUT2D eigenvalue weighted by molar-refractivity contribution is 7.80. The first kappa shape index (κ1) is 26.7. The first-order valence-electron chi connectivity index (χ1n) is 11.9. The Morgan fingerprint density at radius 1 is 0.771 bits per heavy atom. The summed E-state index contributed by atoms with van der Waals surface area (Å²) in [6.07, 6.45) is 0. The van der Waals surface area contributed by atoms with E-state index < -0.39 is 0 Å². The molecule has 2 aliphatic rings. The Hall–Kier alpha value is -1.36. The lowest BCUT2D eigenvalue weighted by Gasteiger charge is -2.35. The van der Waals surface area contributed by atoms with Crippen molar-refractivity contribution >= 4 is 45.3 Å². The van der Waals surface area contributed by atoms with Crippen molar-refractivity contribution in [3.05, 3.63) is 69.0 Å². The van der Waals surface area contributed by atoms with Gasteiger partial charge < -0.3 is 9.84 Å². The zero-order chi connectivity index (χ0) is 23.3. The van der Waals surface area contributed by atoms with Crippen LogP contribution >= 0.6 is 45.3 Å². The summed E-state index contributed by atoms with van der Waals surface area (Å²) in [6.45, 7) is 9.94. The number of ether oxygens (including phenoxy) is 1. The van der Waals surface area contributed by atoms with Gasteiger partial charge in [0.25, 0.3) is 0 Å². The van der Waals surface area contributed by atoms with Gasteiger partial charge >= 0.3 is 0 Å². The third-order valence-corrected chi connectivity index (χ3v) is 9.53. The minimum atomic E-state index is 0. The first-order valence-corrected chi connectivity index (χ1v) is 14.4. The molecule has 0 saturated carbocycles. The van der Waals surface area contributed by atoms with Gasteiger partial charge in [0.15, 0.2) is 0 Å². The van der Waals surface area contributed by atoms with Crippen molar-refractivity contribution in [1.82, 2.24) is 14.7 Å². The third-order valence-electron chi connectivity index (χ3n) is 6.62. The lowest BCUT2D eigenvalue weighted by atomic mass is 10.0. The van der Waals surface area contributed by atoms with Gasteiger partial charge in [-0.1, -0.05) is 63.2 Å². The van der Waals surface area contributed by atoms with Crippen molar-refractivity contribution < 1.29 is 9.84 Å². The maximum Gasteiger partial charge on any atom is 0.124 e. The van der Waals surface area contributed by atoms with E-state index in [4.69, 9.17) is 17.0 Å². The fraction of sp³-hybridized carbons (Fsp3) is 0.423. The number of hydrogen-bond acceptors (Lipinski definition) is 8. The quantitative estimate of drug-likeness (QED) is 0.311. The smallest absolute Gasteiger partial charge is 0.124 e. The monoisotopic (exact) mass is 549 g/mol. The van der Waals surface area contributed by atoms with E-state index in [0.29, 0.717) is 5.75 Å². The van der Waals surface area contributed by atoms with Crippen molar-refractivity contribution in [2.75, 3.05) is 52.5 Å². The zero-order valence-corrected chi connectivity index (χ0v) is 23.0. The van der Waals surface area contributed by atoms with E-state index in [1.807, 2.05) is 0 Å². The molecule has 0 bridgehead atoms. The molecule has 2 aromatic carbocycles. The predicted molar refractivity (Wildman–Crippen MR) is 150 cm³/mol. The Morgan fingerprint density at radius 2 is 1.34 bits per heavy atom. The van der Waals surface area contributed by atoms with Crippen LogP contribution in [0, 0.1) is 3.82 Å². The first-order chi connectivity index (χ1) is 16.6. The molecule has 1 N–H and O–H groups in total. The van der Waals surface area contributed by atoms with E-state index >= 15 is 0 Å². The molecule has 5 rings (SSSR count). The van der Waals surface area contributed by atoms with Crippen LogP contribution in [-0.2, 0) is 24.4 Å². The van der Waals surface area contributed by atoms with Crippen LogP contribution in [0.5, 0.6) is 5.75 Å². The second-order valence-electron chi connectivity index (χ2n) is 9.06. The van der Waals surface area contributed by atoms with Gasteiger partial charge in [-0.25, -0.2) is 0 Å². The van der Waals surface area contributed by atoms with Crippen LogP contribution in [0.2, 0.25) is 0 Å². The van der Waals surface area contributed by atoms with Crippen LogP contribution in [0.3, 0.4) is 0 Å². The fourth-order valence-corrected chi connectivity index (χ4v) is 7.09. The number of nitrogens with zero attached hydrogens (tertiary/aromatic N) is 3. The lowest BCUT2D eigenvalue weighted by Crippen LogP contribution is -2.45. The molecule has 35 heavy (non-hydrogen) atoms. The van der Waals surface area contributed by atoms with Gasteiger partial charge in [-0.3, -0.25) is 14.7 Å². The zero-order valence-electron chi connectivity index (χ0n) is 19.7. The number of piperazine rings is 1. The SMILES string of the molecule is Cl.Oc1c(CN2CCOCC2)cc(-c2cc(=S)ss2)cc1CN1CCN(Cc2ccccc2)CC1. The van der Waals surface area contributed by atoms with Crippen LogP contribution in [0.4, 0.5) is 0 Å². The minimum absolute atomic E-state index is 0. The fourth-order valence-electron chi connectivity index (χ4n) is 4.70. The second-order valence-corrected chi connectivity index (χ2v) is 12.0. The number of morpholine rings is 1. The number of rotatable bonds is 7. The van der Waals surface area contributed by atoms with E-state index in [-0.39, 0.29) is 12.4 Å². The molecule has 1 aromatic heterocycles. The van der Waals surface area contributed by atoms with Crippen LogP contribution in [0.1, 0.15) is 16.7 Å². The Morgan fingerprint density at radius 3 is 1.91 bits per heavy atom. The van der Waals surface area contributed by atoms with Gasteiger partial charge in [-0.15, -0.1) is 12.4 Å². The summed E-state index contributed by atoms with van der Waals surface area (Å²) >= 11 is 5.39. The number of aromatic hydroxyl groups is 1. The summed E-state index contributed by atoms with van der Waals surface area (Å²) in [5.41, 5.74) is 4.55. The van der Waals surface area contributed by atoms with E-state index in [1.54, 1.807) is 20.7 Å². The van der Waals surface area contributed by atoms with E-state index in [1.165, 1.54) is 10.4 Å². The van der Waals surface area contributed by atoms with Crippen LogP contribution in [-0.4, -0.2) is 72.3 Å². The van der Waals surface area contributed by atoms with Crippen LogP contribution in [0.25, 0.3) is 10.4 Å². The molecule has 0 radical (unpaired) electrons. The summed E-state index contributed by atoms with van der Waals surface area (Å²) in [6, 6.07) is 17.1. The Labute approximate surface area is 226 Å². The summed E-state index contributed by atoms with van der Waals surface area (Å²) in [5.74, 6) is 0.445. The topological polar surface area (TPSA) is 39.2 Å². The van der Waals surface area contributed by atoms with Gasteiger partial charge in [0.2, 0.25) is 0 Å². The molecule has 3 aromatic rings. The molecule has 3 heterocycles. The Balaban J connectivity index is 0.00000289. The molecule has 0 amide bonds. The number of benzene rings is 2. The highest BCUT2D eigenvalue weighted by atomic mass is 35.5. The molecule has 0 atom stereocenters. The molecule has 0 spiro atoms. The van der Waals surface area contributed by atoms with E-state index in [2.05, 4.69) is 63.2 Å². The number of halogens is 1. The number of hydrogen-bond donors (Lipinski definition) is 1. The predicted octanol–water partition coefficient (Wildman–Crippen LogP) is 5.48. The summed E-state index contributed by atoms with van der Waals surface area (Å²) in [7, 11) is 3.36. The largest absolute Gasteiger partial charge is 0.507 e. The molecule has 5 nitrogen and oxygen atoms in total. The highest BCUT2D eigenvalue weighted by Crippen LogP contribution is 2.36. The lowest BCUT2D eigenvalue weighted by molar-refractivity contribution is 0.0338. The summed E-state index contributed by atoms with van der Waals surface area (Å²) in [5, 5.41) is 11.3. The second kappa shape index (κ2) is 12.7. The number of phenols is 1. The van der Waals surface area contributed by atoms with Crippen molar-refractivity contribution in [3.8, 4) is 16.2 Å². The van der Waals surface area contributed by atoms with Crippen molar-refractivity contribution in [1.29, 1.82) is 0 Å². The van der Waals surface area contributed by atoms with E-state index in [0.717, 1.165) is 92.6 Å². The van der Waals surface area contributed by atoms with E-state index in [9.17, 15) is 5.11 Å². The maximum atomic E-state index is 11.3. The molecule has 0 unspecified atom stereocenters. The normalized spacial score (nSPS) is 17.8. The van der Waals surface area contributed by atoms with Crippen LogP contribution in [0.15, 0.2) is 48.5 Å². The summed E-state index contributed by atoms with van der Waals surface area (Å²) < 4.78 is 6.43. The van der Waals surface area contributed by atoms with Crippen LogP contribution < -0.4 is 0 Å². The van der Waals surface area contributed by atoms with Crippen molar-refractivity contribution in [3.63, 3.8) is 0 Å². The molecule has 0 aliphatic carbocycles. The van der Waals surface area contributed by atoms with Gasteiger partial charge in [-0.2, -0.15) is 0 Å². The third kappa shape index (κ3) is 7.11. The Bertz CT molecular complexity index is 1140. The van der Waals surface area contributed by atoms with Gasteiger partial charge in [0.05, 0.1) is 13.2 Å². The van der Waals surface area contributed by atoms with Crippen molar-refractivity contribution in [2.45, 2.75) is 19.6 Å². The Kier molecular flexibility index (Phi) is 9.72. The van der Waals surface area contributed by atoms with Gasteiger partial charge in [0.1, 0.15) is 9.57 Å². The molecule has 188 valence electrons. The molecule has 9 heteroatoms. The average Bonchev–Trinajstić information content (AvgIpc) is 3.30. The minimum Gasteiger partial charge on any atom is -0.507 e.